The molecule has 0 atom stereocenters. The number of aromatic hydroxyl groups is 1. The van der Waals surface area contributed by atoms with Crippen molar-refractivity contribution in [1.29, 1.82) is 0 Å². The Hall–Kier alpha value is -0.776. The molecule has 0 fully saturated rings. The molecule has 2 rings (SSSR count). The summed E-state index contributed by atoms with van der Waals surface area (Å²) in [6.07, 6.45) is 0. The predicted octanol–water partition coefficient (Wildman–Crippen LogP) is 2.49. The van der Waals surface area contributed by atoms with Crippen LogP contribution in [0.5, 0.6) is 5.75 Å². The van der Waals surface area contributed by atoms with Crippen molar-refractivity contribution >= 4 is 11.6 Å². The molecule has 1 aromatic heterocycles. The first kappa shape index (κ1) is 16.3. The van der Waals surface area contributed by atoms with Gasteiger partial charge in [0.25, 0.3) is 0 Å². The van der Waals surface area contributed by atoms with Crippen LogP contribution in [0.15, 0.2) is 23.0 Å². The quantitative estimate of drug-likeness (QED) is 0.795. The molecule has 0 saturated carbocycles. The van der Waals surface area contributed by atoms with E-state index in [1.165, 1.54) is 7.05 Å². The van der Waals surface area contributed by atoms with E-state index in [-0.39, 0.29) is 43.4 Å². The van der Waals surface area contributed by atoms with Gasteiger partial charge >= 0.3 is 0 Å². The van der Waals surface area contributed by atoms with Crippen LogP contribution in [0.2, 0.25) is 5.02 Å². The van der Waals surface area contributed by atoms with E-state index in [0.29, 0.717) is 0 Å². The maximum absolute atomic E-state index is 13.6. The zero-order valence-corrected chi connectivity index (χ0v) is 13.3. The number of phenolic OH excluding ortho intramolecular Hbond substituents is 1. The molecule has 97 valence electrons. The van der Waals surface area contributed by atoms with Crippen molar-refractivity contribution in [1.82, 2.24) is 4.57 Å². The largest absolute Gasteiger partial charge is 0.508 e. The van der Waals surface area contributed by atoms with Gasteiger partial charge in [0, 0.05) is 56.9 Å². The summed E-state index contributed by atoms with van der Waals surface area (Å²) in [5.74, 6) is -2.50. The minimum absolute atomic E-state index is 0. The van der Waals surface area contributed by atoms with Crippen molar-refractivity contribution in [3.8, 4) is 17.0 Å². The van der Waals surface area contributed by atoms with Gasteiger partial charge in [-0.1, -0.05) is 5.69 Å². The van der Waals surface area contributed by atoms with E-state index in [2.05, 4.69) is 6.07 Å². The van der Waals surface area contributed by atoms with Crippen molar-refractivity contribution in [3.05, 3.63) is 51.3 Å². The topological polar surface area (TPSA) is 42.2 Å². The SMILES string of the molecule is Cn1c(-c2c(F)cc(O)cc2F)[c-]cc(Cl)c1=O.[Y]. The van der Waals surface area contributed by atoms with E-state index in [0.717, 1.165) is 22.8 Å². The minimum atomic E-state index is -0.985. The Bertz CT molecular complexity index is 665. The number of benzene rings is 1. The standard InChI is InChI=1S/C12H7ClF2NO2.Y/c1-16-10(3-2-7(13)12(16)18)11-8(14)4-6(17)5-9(11)15;/h2,4-5,17H,1H3;/q-1;. The van der Waals surface area contributed by atoms with Crippen molar-refractivity contribution in [2.75, 3.05) is 0 Å². The monoisotopic (exact) mass is 359 g/mol. The van der Waals surface area contributed by atoms with E-state index in [9.17, 15) is 13.6 Å². The number of hydrogen-bond donors (Lipinski definition) is 1. The first-order chi connectivity index (χ1) is 8.41. The molecule has 2 aromatic rings. The molecule has 0 amide bonds. The van der Waals surface area contributed by atoms with E-state index in [1.807, 2.05) is 0 Å². The molecule has 0 saturated heterocycles. The normalized spacial score (nSPS) is 10.1. The van der Waals surface area contributed by atoms with Crippen LogP contribution in [0.25, 0.3) is 11.3 Å². The molecule has 3 nitrogen and oxygen atoms in total. The number of aromatic nitrogens is 1. The van der Waals surface area contributed by atoms with Gasteiger partial charge in [0.1, 0.15) is 5.75 Å². The second kappa shape index (κ2) is 6.12. The molecule has 1 aromatic carbocycles. The van der Waals surface area contributed by atoms with Gasteiger partial charge in [-0.2, -0.15) is 23.7 Å². The molecule has 0 aliphatic rings. The van der Waals surface area contributed by atoms with Crippen LogP contribution in [-0.2, 0) is 39.8 Å². The Labute approximate surface area is 137 Å². The predicted molar refractivity (Wildman–Crippen MR) is 62.5 cm³/mol. The third-order valence-electron chi connectivity index (χ3n) is 2.44. The van der Waals surface area contributed by atoms with E-state index in [4.69, 9.17) is 16.7 Å². The van der Waals surface area contributed by atoms with Gasteiger partial charge in [0.15, 0.2) is 0 Å². The van der Waals surface area contributed by atoms with Crippen LogP contribution in [0, 0.1) is 17.7 Å². The Morgan fingerprint density at radius 3 is 2.37 bits per heavy atom. The Morgan fingerprint density at radius 2 is 1.84 bits per heavy atom. The van der Waals surface area contributed by atoms with Crippen LogP contribution in [0.1, 0.15) is 0 Å². The van der Waals surface area contributed by atoms with Crippen LogP contribution in [0.3, 0.4) is 0 Å². The van der Waals surface area contributed by atoms with Gasteiger partial charge in [-0.15, -0.1) is 0 Å². The molecule has 0 bridgehead atoms. The van der Waals surface area contributed by atoms with Gasteiger partial charge in [-0.3, -0.25) is 4.79 Å². The van der Waals surface area contributed by atoms with Crippen LogP contribution in [-0.4, -0.2) is 9.67 Å². The van der Waals surface area contributed by atoms with Gasteiger partial charge in [0.2, 0.25) is 5.56 Å². The summed E-state index contributed by atoms with van der Waals surface area (Å²) >= 11 is 5.59. The van der Waals surface area contributed by atoms with Crippen molar-refractivity contribution in [2.24, 2.45) is 7.05 Å². The first-order valence-electron chi connectivity index (χ1n) is 4.87. The summed E-state index contributed by atoms with van der Waals surface area (Å²) in [5.41, 5.74) is -1.11. The number of halogens is 3. The van der Waals surface area contributed by atoms with Crippen LogP contribution >= 0.6 is 11.6 Å². The van der Waals surface area contributed by atoms with E-state index in [1.54, 1.807) is 0 Å². The number of hydrogen-bond acceptors (Lipinski definition) is 2. The fraction of sp³-hybridized carbons (Fsp3) is 0.0833. The molecule has 19 heavy (non-hydrogen) atoms. The number of pyridine rings is 1. The second-order valence-corrected chi connectivity index (χ2v) is 4.04. The number of phenols is 1. The molecule has 1 heterocycles. The maximum Gasteiger partial charge on any atom is 0.212 e. The minimum Gasteiger partial charge on any atom is -0.508 e. The van der Waals surface area contributed by atoms with Crippen molar-refractivity contribution < 1.29 is 46.6 Å². The van der Waals surface area contributed by atoms with Crippen LogP contribution < -0.4 is 5.56 Å². The molecule has 0 spiro atoms. The molecule has 0 unspecified atom stereocenters. The Balaban J connectivity index is 0.00000180. The van der Waals surface area contributed by atoms with Gasteiger partial charge in [0.05, 0.1) is 11.6 Å². The molecular weight excluding hydrogens is 352 g/mol. The molecule has 0 aliphatic heterocycles. The summed E-state index contributed by atoms with van der Waals surface area (Å²) in [7, 11) is 1.33. The van der Waals surface area contributed by atoms with E-state index < -0.39 is 28.5 Å². The van der Waals surface area contributed by atoms with Crippen molar-refractivity contribution in [3.63, 3.8) is 0 Å². The van der Waals surface area contributed by atoms with Crippen LogP contribution in [0.4, 0.5) is 8.78 Å². The zero-order valence-electron chi connectivity index (χ0n) is 9.75. The molecule has 0 aliphatic carbocycles. The summed E-state index contributed by atoms with van der Waals surface area (Å²) in [5, 5.41) is 8.96. The summed E-state index contributed by atoms with van der Waals surface area (Å²) in [6, 6.07) is 5.19. The average Bonchev–Trinajstić information content (AvgIpc) is 2.28. The third-order valence-corrected chi connectivity index (χ3v) is 2.71. The summed E-state index contributed by atoms with van der Waals surface area (Å²) in [4.78, 5) is 11.6. The van der Waals surface area contributed by atoms with Gasteiger partial charge in [-0.05, 0) is 5.56 Å². The Morgan fingerprint density at radius 1 is 1.32 bits per heavy atom. The summed E-state index contributed by atoms with van der Waals surface area (Å²) in [6.45, 7) is 0. The molecule has 1 N–H and O–H groups in total. The average molecular weight is 360 g/mol. The maximum atomic E-state index is 13.6. The second-order valence-electron chi connectivity index (χ2n) is 3.63. The Kier molecular flexibility index (Phi) is 5.24. The number of nitrogens with zero attached hydrogens (tertiary/aromatic N) is 1. The molecule has 7 heteroatoms. The van der Waals surface area contributed by atoms with Crippen molar-refractivity contribution in [2.45, 2.75) is 0 Å². The smallest absolute Gasteiger partial charge is 0.212 e. The fourth-order valence-corrected chi connectivity index (χ4v) is 1.76. The van der Waals surface area contributed by atoms with Gasteiger partial charge < -0.3 is 9.67 Å². The fourth-order valence-electron chi connectivity index (χ4n) is 1.58. The van der Waals surface area contributed by atoms with Gasteiger partial charge in [-0.25, -0.2) is 8.78 Å². The summed E-state index contributed by atoms with van der Waals surface area (Å²) < 4.78 is 28.3. The molecular formula is C12H7ClF2NO2Y-. The number of rotatable bonds is 1. The first-order valence-corrected chi connectivity index (χ1v) is 5.25. The molecule has 1 radical (unpaired) electrons. The van der Waals surface area contributed by atoms with E-state index >= 15 is 0 Å². The third kappa shape index (κ3) is 3.04. The zero-order chi connectivity index (χ0) is 13.4.